The molecule has 2 N–H and O–H groups in total. The zero-order valence-corrected chi connectivity index (χ0v) is 11.7. The molecule has 0 aromatic heterocycles. The van der Waals surface area contributed by atoms with Gasteiger partial charge in [0.15, 0.2) is 5.11 Å². The second-order valence-corrected chi connectivity index (χ2v) is 4.76. The molecule has 0 spiro atoms. The lowest BCUT2D eigenvalue weighted by molar-refractivity contribution is 0.624. The van der Waals surface area contributed by atoms with Crippen LogP contribution in [-0.2, 0) is 0 Å². The Hall–Kier alpha value is -2.01. The molecule has 0 aliphatic carbocycles. The average Bonchev–Trinajstić information content (AvgIpc) is 2.42. The summed E-state index contributed by atoms with van der Waals surface area (Å²) in [4.78, 5) is 0. The Bertz CT molecular complexity index is 599. The van der Waals surface area contributed by atoms with Gasteiger partial charge in [-0.05, 0) is 49.0 Å². The van der Waals surface area contributed by atoms with Gasteiger partial charge in [-0.2, -0.15) is 0 Å². The number of para-hydroxylation sites is 1. The number of anilines is 1. The van der Waals surface area contributed by atoms with E-state index in [4.69, 9.17) is 12.2 Å². The minimum Gasteiger partial charge on any atom is -0.356 e. The van der Waals surface area contributed by atoms with Crippen molar-refractivity contribution in [2.75, 3.05) is 5.32 Å². The Morgan fingerprint density at radius 3 is 2.35 bits per heavy atom. The second kappa shape index (κ2) is 6.43. The van der Waals surface area contributed by atoms with Crippen LogP contribution in [0.2, 0.25) is 0 Å². The predicted molar refractivity (Wildman–Crippen MR) is 80.6 cm³/mol. The molecule has 2 rings (SSSR count). The largest absolute Gasteiger partial charge is 0.356 e. The number of rotatable bonds is 3. The number of nitrogens with one attached hydrogen (secondary N) is 2. The molecule has 0 saturated carbocycles. The van der Waals surface area contributed by atoms with Crippen LogP contribution in [0.15, 0.2) is 48.5 Å². The van der Waals surface area contributed by atoms with E-state index >= 15 is 0 Å². The molecule has 0 unspecified atom stereocenters. The molecule has 0 radical (unpaired) electrons. The third kappa shape index (κ3) is 3.74. The second-order valence-electron chi connectivity index (χ2n) is 4.35. The van der Waals surface area contributed by atoms with Crippen LogP contribution < -0.4 is 10.6 Å². The molecule has 0 heterocycles. The fourth-order valence-electron chi connectivity index (χ4n) is 1.75. The van der Waals surface area contributed by atoms with E-state index in [1.54, 1.807) is 30.3 Å². The Morgan fingerprint density at radius 1 is 1.05 bits per heavy atom. The molecule has 0 saturated heterocycles. The van der Waals surface area contributed by atoms with E-state index in [-0.39, 0.29) is 17.7 Å². The van der Waals surface area contributed by atoms with Crippen LogP contribution in [-0.4, -0.2) is 5.11 Å². The zero-order valence-electron chi connectivity index (χ0n) is 10.9. The average molecular weight is 292 g/mol. The molecule has 0 amide bonds. The van der Waals surface area contributed by atoms with Crippen LogP contribution in [0.25, 0.3) is 0 Å². The van der Waals surface area contributed by atoms with Crippen LogP contribution in [0.1, 0.15) is 18.5 Å². The normalized spacial score (nSPS) is 11.8. The van der Waals surface area contributed by atoms with E-state index < -0.39 is 0 Å². The minimum atomic E-state index is -0.369. The molecule has 1 atom stereocenters. The lowest BCUT2D eigenvalue weighted by atomic mass is 10.1. The van der Waals surface area contributed by atoms with Crippen molar-refractivity contribution >= 4 is 23.0 Å². The van der Waals surface area contributed by atoms with E-state index in [0.29, 0.717) is 10.8 Å². The number of hydrogen-bond acceptors (Lipinski definition) is 1. The maximum atomic E-state index is 13.5. The summed E-state index contributed by atoms with van der Waals surface area (Å²) in [5.74, 6) is -0.654. The van der Waals surface area contributed by atoms with Crippen molar-refractivity contribution in [3.8, 4) is 0 Å². The number of benzene rings is 2. The van der Waals surface area contributed by atoms with Crippen LogP contribution in [0.3, 0.4) is 0 Å². The lowest BCUT2D eigenvalue weighted by Crippen LogP contribution is -2.31. The smallest absolute Gasteiger partial charge is 0.171 e. The first-order valence-corrected chi connectivity index (χ1v) is 6.54. The van der Waals surface area contributed by atoms with Gasteiger partial charge in [0.05, 0.1) is 11.7 Å². The Labute approximate surface area is 121 Å². The van der Waals surface area contributed by atoms with Crippen LogP contribution in [0.5, 0.6) is 0 Å². The van der Waals surface area contributed by atoms with E-state index in [2.05, 4.69) is 10.6 Å². The molecule has 0 fully saturated rings. The van der Waals surface area contributed by atoms with Gasteiger partial charge in [-0.3, -0.25) is 0 Å². The number of halogens is 2. The first kappa shape index (κ1) is 14.4. The highest BCUT2D eigenvalue weighted by molar-refractivity contribution is 7.80. The Morgan fingerprint density at radius 2 is 1.70 bits per heavy atom. The van der Waals surface area contributed by atoms with Gasteiger partial charge in [-0.1, -0.05) is 24.3 Å². The van der Waals surface area contributed by atoms with Gasteiger partial charge in [0.1, 0.15) is 11.6 Å². The fourth-order valence-corrected chi connectivity index (χ4v) is 2.04. The summed E-state index contributed by atoms with van der Waals surface area (Å²) < 4.78 is 26.3. The van der Waals surface area contributed by atoms with Crippen molar-refractivity contribution in [2.24, 2.45) is 0 Å². The lowest BCUT2D eigenvalue weighted by Gasteiger charge is -2.17. The Balaban J connectivity index is 1.98. The maximum Gasteiger partial charge on any atom is 0.171 e. The van der Waals surface area contributed by atoms with Gasteiger partial charge < -0.3 is 10.6 Å². The standard InChI is InChI=1S/C15H14F2N2S/c1-10(11-6-8-12(16)9-7-11)18-15(20)19-14-5-3-2-4-13(14)17/h2-10H,1H3,(H2,18,19,20)/t10-/m1/s1. The molecule has 2 aromatic rings. The fraction of sp³-hybridized carbons (Fsp3) is 0.133. The summed E-state index contributed by atoms with van der Waals surface area (Å²) in [5.41, 5.74) is 1.21. The summed E-state index contributed by atoms with van der Waals surface area (Å²) >= 11 is 5.13. The number of hydrogen-bond donors (Lipinski definition) is 2. The van der Waals surface area contributed by atoms with Crippen molar-refractivity contribution in [3.05, 3.63) is 65.7 Å². The van der Waals surface area contributed by atoms with Crippen molar-refractivity contribution in [2.45, 2.75) is 13.0 Å². The SMILES string of the molecule is C[C@@H](NC(=S)Nc1ccccc1F)c1ccc(F)cc1. The molecular weight excluding hydrogens is 278 g/mol. The van der Waals surface area contributed by atoms with Crippen LogP contribution in [0.4, 0.5) is 14.5 Å². The molecular formula is C15H14F2N2S. The molecule has 0 aliphatic heterocycles. The molecule has 20 heavy (non-hydrogen) atoms. The summed E-state index contributed by atoms with van der Waals surface area (Å²) in [6.45, 7) is 1.89. The maximum absolute atomic E-state index is 13.5. The molecule has 0 aliphatic rings. The van der Waals surface area contributed by atoms with Crippen molar-refractivity contribution in [1.82, 2.24) is 5.32 Å². The van der Waals surface area contributed by atoms with E-state index in [1.165, 1.54) is 18.2 Å². The number of thiocarbonyl (C=S) groups is 1. The quantitative estimate of drug-likeness (QED) is 0.836. The molecule has 2 aromatic carbocycles. The van der Waals surface area contributed by atoms with E-state index in [9.17, 15) is 8.78 Å². The van der Waals surface area contributed by atoms with Crippen LogP contribution >= 0.6 is 12.2 Å². The summed E-state index contributed by atoms with van der Waals surface area (Å²) in [6, 6.07) is 12.3. The minimum absolute atomic E-state index is 0.109. The van der Waals surface area contributed by atoms with Gasteiger partial charge in [0.25, 0.3) is 0 Å². The van der Waals surface area contributed by atoms with E-state index in [1.807, 2.05) is 6.92 Å². The van der Waals surface area contributed by atoms with Crippen molar-refractivity contribution in [3.63, 3.8) is 0 Å². The third-order valence-corrected chi connectivity index (χ3v) is 3.06. The predicted octanol–water partition coefficient (Wildman–Crippen LogP) is 4.01. The van der Waals surface area contributed by atoms with Gasteiger partial charge in [0, 0.05) is 0 Å². The highest BCUT2D eigenvalue weighted by Gasteiger charge is 2.08. The summed E-state index contributed by atoms with van der Waals surface area (Å²) in [5, 5.41) is 6.13. The topological polar surface area (TPSA) is 24.1 Å². The van der Waals surface area contributed by atoms with Gasteiger partial charge in [-0.25, -0.2) is 8.78 Å². The first-order valence-electron chi connectivity index (χ1n) is 6.14. The van der Waals surface area contributed by atoms with Crippen molar-refractivity contribution < 1.29 is 8.78 Å². The molecule has 104 valence electrons. The van der Waals surface area contributed by atoms with Crippen LogP contribution in [0, 0.1) is 11.6 Å². The molecule has 2 nitrogen and oxygen atoms in total. The zero-order chi connectivity index (χ0) is 14.5. The summed E-state index contributed by atoms with van der Waals surface area (Å²) in [6.07, 6.45) is 0. The van der Waals surface area contributed by atoms with E-state index in [0.717, 1.165) is 5.56 Å². The van der Waals surface area contributed by atoms with Gasteiger partial charge in [0.2, 0.25) is 0 Å². The molecule has 5 heteroatoms. The highest BCUT2D eigenvalue weighted by Crippen LogP contribution is 2.15. The van der Waals surface area contributed by atoms with Gasteiger partial charge in [-0.15, -0.1) is 0 Å². The summed E-state index contributed by atoms with van der Waals surface area (Å²) in [7, 11) is 0. The first-order chi connectivity index (χ1) is 9.56. The van der Waals surface area contributed by atoms with Crippen molar-refractivity contribution in [1.29, 1.82) is 0 Å². The highest BCUT2D eigenvalue weighted by atomic mass is 32.1. The monoisotopic (exact) mass is 292 g/mol. The van der Waals surface area contributed by atoms with Gasteiger partial charge >= 0.3 is 0 Å². The molecule has 0 bridgehead atoms. The Kier molecular flexibility index (Phi) is 4.63. The third-order valence-electron chi connectivity index (χ3n) is 2.84.